The lowest BCUT2D eigenvalue weighted by atomic mass is 10.1. The second kappa shape index (κ2) is 6.55. The fourth-order valence-corrected chi connectivity index (χ4v) is 1.69. The van der Waals surface area contributed by atoms with Crippen molar-refractivity contribution in [3.63, 3.8) is 0 Å². The monoisotopic (exact) mass is 306 g/mol. The molecule has 0 aliphatic rings. The van der Waals surface area contributed by atoms with Crippen molar-refractivity contribution in [2.75, 3.05) is 25.5 Å². The fourth-order valence-electron chi connectivity index (χ4n) is 1.69. The van der Waals surface area contributed by atoms with Gasteiger partial charge in [-0.1, -0.05) is 6.07 Å². The summed E-state index contributed by atoms with van der Waals surface area (Å²) in [6.07, 6.45) is -4.49. The molecule has 1 amide bonds. The van der Waals surface area contributed by atoms with Crippen LogP contribution in [0.1, 0.15) is 17.3 Å². The topological polar surface area (TPSA) is 49.4 Å². The Morgan fingerprint density at radius 1 is 1.29 bits per heavy atom. The molecule has 21 heavy (non-hydrogen) atoms. The predicted octanol–water partition coefficient (Wildman–Crippen LogP) is 2.46. The molecule has 116 valence electrons. The van der Waals surface area contributed by atoms with Crippen LogP contribution < -0.4 is 5.32 Å². The van der Waals surface area contributed by atoms with Gasteiger partial charge < -0.3 is 10.2 Å². The van der Waals surface area contributed by atoms with Gasteiger partial charge in [0, 0.05) is 12.7 Å². The van der Waals surface area contributed by atoms with Gasteiger partial charge in [-0.25, -0.2) is 4.39 Å². The third-order valence-corrected chi connectivity index (χ3v) is 2.64. The molecule has 0 unspecified atom stereocenters. The van der Waals surface area contributed by atoms with Crippen LogP contribution in [0.15, 0.2) is 18.2 Å². The Bertz CT molecular complexity index is 543. The van der Waals surface area contributed by atoms with Gasteiger partial charge in [-0.05, 0) is 19.1 Å². The molecule has 1 rings (SSSR count). The first-order valence-corrected chi connectivity index (χ1v) is 5.96. The molecule has 0 bridgehead atoms. The summed E-state index contributed by atoms with van der Waals surface area (Å²) in [4.78, 5) is 23.4. The second-order valence-electron chi connectivity index (χ2n) is 4.44. The molecule has 4 nitrogen and oxygen atoms in total. The minimum absolute atomic E-state index is 0.0660. The number of carbonyl (C=O) groups is 2. The van der Waals surface area contributed by atoms with Crippen molar-refractivity contribution in [1.29, 1.82) is 0 Å². The standard InChI is InChI=1S/C13H14F4N2O2/c1-8(20)12-9(14)4-3-5-10(12)18-6-11(21)19(2)7-13(15,16)17/h3-5,18H,6-7H2,1-2H3. The van der Waals surface area contributed by atoms with Gasteiger partial charge >= 0.3 is 6.18 Å². The van der Waals surface area contributed by atoms with E-state index >= 15 is 0 Å². The van der Waals surface area contributed by atoms with E-state index < -0.39 is 36.8 Å². The van der Waals surface area contributed by atoms with Gasteiger partial charge in [-0.2, -0.15) is 13.2 Å². The number of alkyl halides is 3. The normalized spacial score (nSPS) is 11.1. The molecule has 0 spiro atoms. The first-order chi connectivity index (χ1) is 9.61. The predicted molar refractivity (Wildman–Crippen MR) is 68.6 cm³/mol. The molecule has 0 radical (unpaired) electrons. The average Bonchev–Trinajstić information content (AvgIpc) is 2.33. The van der Waals surface area contributed by atoms with E-state index in [-0.39, 0.29) is 11.3 Å². The van der Waals surface area contributed by atoms with Crippen molar-refractivity contribution in [1.82, 2.24) is 4.90 Å². The summed E-state index contributed by atoms with van der Waals surface area (Å²) in [5.41, 5.74) is -0.167. The van der Waals surface area contributed by atoms with Crippen LogP contribution in [0.5, 0.6) is 0 Å². The summed E-state index contributed by atoms with van der Waals surface area (Å²) in [5.74, 6) is -2.14. The number of carbonyl (C=O) groups excluding carboxylic acids is 2. The van der Waals surface area contributed by atoms with E-state index in [1.165, 1.54) is 12.1 Å². The number of nitrogens with one attached hydrogen (secondary N) is 1. The number of Topliss-reactive ketones (excluding diaryl/α,β-unsaturated/α-hetero) is 1. The summed E-state index contributed by atoms with van der Waals surface area (Å²) >= 11 is 0. The molecule has 0 aliphatic heterocycles. The summed E-state index contributed by atoms with van der Waals surface area (Å²) in [6, 6.07) is 3.78. The zero-order chi connectivity index (χ0) is 16.2. The van der Waals surface area contributed by atoms with Crippen LogP contribution in [-0.4, -0.2) is 42.9 Å². The number of halogens is 4. The molecule has 1 aromatic carbocycles. The molecule has 1 aromatic rings. The minimum atomic E-state index is -4.49. The first kappa shape index (κ1) is 16.9. The summed E-state index contributed by atoms with van der Waals surface area (Å²) in [6.45, 7) is -0.701. The Hall–Kier alpha value is -2.12. The number of hydrogen-bond donors (Lipinski definition) is 1. The van der Waals surface area contributed by atoms with Gasteiger partial charge in [0.1, 0.15) is 12.4 Å². The highest BCUT2D eigenvalue weighted by molar-refractivity contribution is 6.00. The Kier molecular flexibility index (Phi) is 5.28. The SMILES string of the molecule is CC(=O)c1c(F)cccc1NCC(=O)N(C)CC(F)(F)F. The van der Waals surface area contributed by atoms with E-state index in [9.17, 15) is 27.2 Å². The third-order valence-electron chi connectivity index (χ3n) is 2.64. The number of rotatable bonds is 5. The lowest BCUT2D eigenvalue weighted by Gasteiger charge is -2.19. The molecule has 8 heteroatoms. The minimum Gasteiger partial charge on any atom is -0.375 e. The van der Waals surface area contributed by atoms with Gasteiger partial charge in [0.15, 0.2) is 5.78 Å². The van der Waals surface area contributed by atoms with E-state index in [1.54, 1.807) is 0 Å². The number of ketones is 1. The molecule has 1 N–H and O–H groups in total. The zero-order valence-electron chi connectivity index (χ0n) is 11.4. The maximum absolute atomic E-state index is 13.5. The van der Waals surface area contributed by atoms with Crippen LogP contribution in [0.25, 0.3) is 0 Å². The van der Waals surface area contributed by atoms with E-state index in [0.29, 0.717) is 4.90 Å². The molecular weight excluding hydrogens is 292 g/mol. The number of hydrogen-bond acceptors (Lipinski definition) is 3. The number of likely N-dealkylation sites (N-methyl/N-ethyl adjacent to an activating group) is 1. The average molecular weight is 306 g/mol. The molecule has 0 aliphatic carbocycles. The van der Waals surface area contributed by atoms with Crippen molar-refractivity contribution in [3.8, 4) is 0 Å². The van der Waals surface area contributed by atoms with Crippen LogP contribution in [0.3, 0.4) is 0 Å². The van der Waals surface area contributed by atoms with E-state index in [1.807, 2.05) is 0 Å². The van der Waals surface area contributed by atoms with Gasteiger partial charge in [-0.3, -0.25) is 9.59 Å². The lowest BCUT2D eigenvalue weighted by molar-refractivity contribution is -0.157. The van der Waals surface area contributed by atoms with Gasteiger partial charge in [0.05, 0.1) is 12.1 Å². The Labute approximate surface area is 118 Å². The molecule has 0 saturated heterocycles. The Morgan fingerprint density at radius 3 is 2.43 bits per heavy atom. The maximum Gasteiger partial charge on any atom is 0.406 e. The number of nitrogens with zero attached hydrogens (tertiary/aromatic N) is 1. The van der Waals surface area contributed by atoms with Crippen LogP contribution in [0.2, 0.25) is 0 Å². The van der Waals surface area contributed by atoms with Crippen molar-refractivity contribution in [2.45, 2.75) is 13.1 Å². The summed E-state index contributed by atoms with van der Waals surface area (Å²) < 4.78 is 49.9. The largest absolute Gasteiger partial charge is 0.406 e. The van der Waals surface area contributed by atoms with Crippen molar-refractivity contribution in [2.24, 2.45) is 0 Å². The highest BCUT2D eigenvalue weighted by atomic mass is 19.4. The Balaban J connectivity index is 2.74. The van der Waals surface area contributed by atoms with Gasteiger partial charge in [0.2, 0.25) is 5.91 Å². The molecule has 0 fully saturated rings. The molecule has 0 saturated carbocycles. The van der Waals surface area contributed by atoms with E-state index in [0.717, 1.165) is 20.0 Å². The quantitative estimate of drug-likeness (QED) is 0.671. The van der Waals surface area contributed by atoms with Crippen molar-refractivity contribution >= 4 is 17.4 Å². The van der Waals surface area contributed by atoms with E-state index in [2.05, 4.69) is 5.32 Å². The first-order valence-electron chi connectivity index (χ1n) is 5.96. The molecule has 0 heterocycles. The van der Waals surface area contributed by atoms with Crippen LogP contribution >= 0.6 is 0 Å². The number of benzene rings is 1. The molecular formula is C13H14F4N2O2. The maximum atomic E-state index is 13.5. The van der Waals surface area contributed by atoms with E-state index in [4.69, 9.17) is 0 Å². The molecule has 0 atom stereocenters. The second-order valence-corrected chi connectivity index (χ2v) is 4.44. The third kappa shape index (κ3) is 5.05. The number of amides is 1. The zero-order valence-corrected chi connectivity index (χ0v) is 11.4. The summed E-state index contributed by atoms with van der Waals surface area (Å²) in [5, 5.41) is 2.48. The van der Waals surface area contributed by atoms with Crippen molar-refractivity contribution < 1.29 is 27.2 Å². The van der Waals surface area contributed by atoms with Gasteiger partial charge in [-0.15, -0.1) is 0 Å². The van der Waals surface area contributed by atoms with Crippen LogP contribution in [0, 0.1) is 5.82 Å². The number of anilines is 1. The van der Waals surface area contributed by atoms with Crippen LogP contribution in [-0.2, 0) is 4.79 Å². The lowest BCUT2D eigenvalue weighted by Crippen LogP contribution is -2.39. The summed E-state index contributed by atoms with van der Waals surface area (Å²) in [7, 11) is 1.01. The van der Waals surface area contributed by atoms with Gasteiger partial charge in [0.25, 0.3) is 0 Å². The highest BCUT2D eigenvalue weighted by Crippen LogP contribution is 2.20. The van der Waals surface area contributed by atoms with Crippen molar-refractivity contribution in [3.05, 3.63) is 29.6 Å². The van der Waals surface area contributed by atoms with Crippen LogP contribution in [0.4, 0.5) is 23.2 Å². The highest BCUT2D eigenvalue weighted by Gasteiger charge is 2.31. The fraction of sp³-hybridized carbons (Fsp3) is 0.385. The molecule has 0 aromatic heterocycles. The smallest absolute Gasteiger partial charge is 0.375 e. The Morgan fingerprint density at radius 2 is 1.90 bits per heavy atom.